The Morgan fingerprint density at radius 2 is 2.14 bits per heavy atom. The van der Waals surface area contributed by atoms with Crippen molar-refractivity contribution in [3.8, 4) is 0 Å². The average molecular weight is 311 g/mol. The molecule has 0 spiro atoms. The Morgan fingerprint density at radius 1 is 1.43 bits per heavy atom. The first-order chi connectivity index (χ1) is 10.1. The number of hydrogen-bond donors (Lipinski definition) is 1. The Balaban J connectivity index is 1.83. The van der Waals surface area contributed by atoms with Gasteiger partial charge in [-0.05, 0) is 31.8 Å². The molecule has 1 aliphatic rings. The Labute approximate surface area is 133 Å². The maximum absolute atomic E-state index is 4.62. The predicted molar refractivity (Wildman–Crippen MR) is 92.2 cm³/mol. The van der Waals surface area contributed by atoms with Crippen molar-refractivity contribution in [3.05, 3.63) is 11.1 Å². The van der Waals surface area contributed by atoms with E-state index in [-0.39, 0.29) is 0 Å². The summed E-state index contributed by atoms with van der Waals surface area (Å²) in [6.45, 7) is 12.4. The lowest BCUT2D eigenvalue weighted by atomic mass is 10.0. The number of aromatic nitrogens is 1. The van der Waals surface area contributed by atoms with Crippen LogP contribution in [0.4, 0.5) is 5.13 Å². The second-order valence-corrected chi connectivity index (χ2v) is 7.50. The quantitative estimate of drug-likeness (QED) is 0.839. The summed E-state index contributed by atoms with van der Waals surface area (Å²) in [5.74, 6) is 0.698. The Bertz CT molecular complexity index is 410. The van der Waals surface area contributed by atoms with Crippen molar-refractivity contribution in [2.75, 3.05) is 38.1 Å². The Hall–Kier alpha value is -0.650. The summed E-state index contributed by atoms with van der Waals surface area (Å²) >= 11 is 1.83. The first kappa shape index (κ1) is 16.7. The minimum atomic E-state index is 0.649. The largest absolute Gasteiger partial charge is 0.348 e. The van der Waals surface area contributed by atoms with Crippen molar-refractivity contribution >= 4 is 16.5 Å². The van der Waals surface area contributed by atoms with Crippen molar-refractivity contribution in [3.63, 3.8) is 0 Å². The Kier molecular flexibility index (Phi) is 6.45. The normalized spacial score (nSPS) is 17.6. The van der Waals surface area contributed by atoms with E-state index >= 15 is 0 Å². The van der Waals surface area contributed by atoms with Gasteiger partial charge in [0.1, 0.15) is 0 Å². The minimum absolute atomic E-state index is 0.649. The van der Waals surface area contributed by atoms with Crippen LogP contribution < -0.4 is 10.2 Å². The van der Waals surface area contributed by atoms with Crippen LogP contribution in [0.15, 0.2) is 6.20 Å². The first-order valence-corrected chi connectivity index (χ1v) is 9.02. The number of anilines is 1. The lowest BCUT2D eigenvalue weighted by molar-refractivity contribution is 0.221. The third-order valence-electron chi connectivity index (χ3n) is 4.25. The zero-order valence-electron chi connectivity index (χ0n) is 13.9. The van der Waals surface area contributed by atoms with E-state index in [1.807, 2.05) is 17.5 Å². The maximum atomic E-state index is 4.62. The number of nitrogens with one attached hydrogen (secondary N) is 1. The fourth-order valence-electron chi connectivity index (χ4n) is 2.81. The number of rotatable bonds is 7. The number of thiazole rings is 1. The number of nitrogens with zero attached hydrogens (tertiary/aromatic N) is 3. The number of hydrogen-bond acceptors (Lipinski definition) is 5. The smallest absolute Gasteiger partial charge is 0.185 e. The molecule has 2 heterocycles. The molecule has 0 atom stereocenters. The monoisotopic (exact) mass is 310 g/mol. The lowest BCUT2D eigenvalue weighted by Crippen LogP contribution is -2.43. The van der Waals surface area contributed by atoms with Gasteiger partial charge in [-0.15, -0.1) is 11.3 Å². The fraction of sp³-hybridized carbons (Fsp3) is 0.812. The van der Waals surface area contributed by atoms with Crippen molar-refractivity contribution in [1.82, 2.24) is 15.2 Å². The molecule has 0 radical (unpaired) electrons. The van der Waals surface area contributed by atoms with E-state index in [0.29, 0.717) is 12.0 Å². The molecule has 1 aliphatic heterocycles. The van der Waals surface area contributed by atoms with Gasteiger partial charge in [0, 0.05) is 43.8 Å². The highest BCUT2D eigenvalue weighted by atomic mass is 32.1. The van der Waals surface area contributed by atoms with E-state index in [2.05, 4.69) is 47.9 Å². The van der Waals surface area contributed by atoms with Gasteiger partial charge in [-0.3, -0.25) is 0 Å². The van der Waals surface area contributed by atoms with Gasteiger partial charge in [-0.25, -0.2) is 4.98 Å². The van der Waals surface area contributed by atoms with Crippen LogP contribution >= 0.6 is 11.3 Å². The molecule has 4 nitrogen and oxygen atoms in total. The molecule has 0 saturated carbocycles. The van der Waals surface area contributed by atoms with Crippen LogP contribution in [0.25, 0.3) is 0 Å². The molecule has 0 amide bonds. The number of piperidine rings is 1. The third-order valence-corrected chi connectivity index (χ3v) is 5.33. The number of likely N-dealkylation sites (tertiary alicyclic amines) is 1. The summed E-state index contributed by atoms with van der Waals surface area (Å²) < 4.78 is 0. The van der Waals surface area contributed by atoms with Crippen molar-refractivity contribution < 1.29 is 0 Å². The van der Waals surface area contributed by atoms with Crippen LogP contribution in [0, 0.1) is 5.92 Å². The highest BCUT2D eigenvalue weighted by Gasteiger charge is 2.23. The van der Waals surface area contributed by atoms with Gasteiger partial charge in [-0.1, -0.05) is 20.8 Å². The topological polar surface area (TPSA) is 31.4 Å². The zero-order chi connectivity index (χ0) is 15.2. The molecule has 0 bridgehead atoms. The van der Waals surface area contributed by atoms with E-state index in [9.17, 15) is 0 Å². The molecule has 1 saturated heterocycles. The molecule has 21 heavy (non-hydrogen) atoms. The van der Waals surface area contributed by atoms with Crippen LogP contribution in [0.5, 0.6) is 0 Å². The van der Waals surface area contributed by atoms with E-state index < -0.39 is 0 Å². The first-order valence-electron chi connectivity index (χ1n) is 8.20. The summed E-state index contributed by atoms with van der Waals surface area (Å²) in [7, 11) is 2.20. The summed E-state index contributed by atoms with van der Waals surface area (Å²) in [6, 6.07) is 0.649. The molecule has 5 heteroatoms. The van der Waals surface area contributed by atoms with E-state index in [0.717, 1.165) is 13.1 Å². The van der Waals surface area contributed by atoms with Gasteiger partial charge >= 0.3 is 0 Å². The van der Waals surface area contributed by atoms with Crippen LogP contribution in [-0.4, -0.2) is 49.2 Å². The summed E-state index contributed by atoms with van der Waals surface area (Å²) in [6.07, 6.45) is 4.54. The summed E-state index contributed by atoms with van der Waals surface area (Å²) in [5.41, 5.74) is 0. The summed E-state index contributed by atoms with van der Waals surface area (Å²) in [5, 5.41) is 4.66. The molecular formula is C16H30N4S. The van der Waals surface area contributed by atoms with Crippen LogP contribution in [0.2, 0.25) is 0 Å². The van der Waals surface area contributed by atoms with Gasteiger partial charge in [0.05, 0.1) is 0 Å². The van der Waals surface area contributed by atoms with Crippen LogP contribution in [-0.2, 0) is 6.54 Å². The maximum Gasteiger partial charge on any atom is 0.185 e. The second-order valence-electron chi connectivity index (χ2n) is 6.41. The summed E-state index contributed by atoms with van der Waals surface area (Å²) in [4.78, 5) is 10.9. The molecule has 1 N–H and O–H groups in total. The van der Waals surface area contributed by atoms with Gasteiger partial charge in [0.25, 0.3) is 0 Å². The van der Waals surface area contributed by atoms with Crippen molar-refractivity contribution in [2.45, 2.75) is 46.2 Å². The highest BCUT2D eigenvalue weighted by Crippen LogP contribution is 2.26. The van der Waals surface area contributed by atoms with Crippen molar-refractivity contribution in [1.29, 1.82) is 0 Å². The molecule has 0 aliphatic carbocycles. The fourth-order valence-corrected chi connectivity index (χ4v) is 3.72. The molecule has 2 rings (SSSR count). The SMILES string of the molecule is CCN1CCC(N(C)c2ncc(CNCC(C)C)s2)CC1. The van der Waals surface area contributed by atoms with Gasteiger partial charge in [-0.2, -0.15) is 0 Å². The van der Waals surface area contributed by atoms with E-state index in [1.165, 1.54) is 42.5 Å². The molecule has 120 valence electrons. The molecular weight excluding hydrogens is 280 g/mol. The molecule has 1 fully saturated rings. The highest BCUT2D eigenvalue weighted by molar-refractivity contribution is 7.15. The van der Waals surface area contributed by atoms with Gasteiger partial charge < -0.3 is 15.1 Å². The van der Waals surface area contributed by atoms with Gasteiger partial charge in [0.2, 0.25) is 0 Å². The van der Waals surface area contributed by atoms with Crippen LogP contribution in [0.1, 0.15) is 38.5 Å². The minimum Gasteiger partial charge on any atom is -0.348 e. The predicted octanol–water partition coefficient (Wildman–Crippen LogP) is 2.81. The third kappa shape index (κ3) is 4.94. The molecule has 1 aromatic heterocycles. The van der Waals surface area contributed by atoms with E-state index in [1.54, 1.807) is 0 Å². The Morgan fingerprint density at radius 3 is 2.76 bits per heavy atom. The second kappa shape index (κ2) is 8.11. The average Bonchev–Trinajstić information content (AvgIpc) is 2.95. The van der Waals surface area contributed by atoms with Crippen molar-refractivity contribution in [2.24, 2.45) is 5.92 Å². The van der Waals surface area contributed by atoms with Crippen LogP contribution in [0.3, 0.4) is 0 Å². The molecule has 1 aromatic rings. The standard InChI is InChI=1S/C16H30N4S/c1-5-20-8-6-14(7-9-20)19(4)16-18-12-15(21-16)11-17-10-13(2)3/h12-14,17H,5-11H2,1-4H3. The van der Waals surface area contributed by atoms with E-state index in [4.69, 9.17) is 0 Å². The zero-order valence-corrected chi connectivity index (χ0v) is 14.7. The molecule has 0 unspecified atom stereocenters. The van der Waals surface area contributed by atoms with Gasteiger partial charge in [0.15, 0.2) is 5.13 Å². The molecule has 0 aromatic carbocycles. The lowest BCUT2D eigenvalue weighted by Gasteiger charge is -2.36.